The van der Waals surface area contributed by atoms with Crippen LogP contribution in [0.2, 0.25) is 0 Å². The molecule has 0 spiro atoms. The number of aromatic nitrogens is 1. The number of amides is 1. The fourth-order valence-corrected chi connectivity index (χ4v) is 1.80. The lowest BCUT2D eigenvalue weighted by Crippen LogP contribution is -2.40. The monoisotopic (exact) mass is 302 g/mol. The van der Waals surface area contributed by atoms with Crippen molar-refractivity contribution in [2.75, 3.05) is 13.2 Å². The number of halogens is 3. The second-order valence-corrected chi connectivity index (χ2v) is 4.28. The normalized spacial score (nSPS) is 16.8. The predicted molar refractivity (Wildman–Crippen MR) is 65.8 cm³/mol. The van der Waals surface area contributed by atoms with Gasteiger partial charge < -0.3 is 14.8 Å². The SMILES string of the molecule is CC1=C(C(=O)NC(c2ccccn2)C(F)(F)F)OCCO1. The fourth-order valence-electron chi connectivity index (χ4n) is 1.80. The number of alkyl halides is 3. The Morgan fingerprint density at radius 2 is 2.05 bits per heavy atom. The van der Waals surface area contributed by atoms with Gasteiger partial charge in [-0.3, -0.25) is 9.78 Å². The van der Waals surface area contributed by atoms with Crippen LogP contribution in [0, 0.1) is 0 Å². The highest BCUT2D eigenvalue weighted by molar-refractivity contribution is 5.92. The first kappa shape index (κ1) is 15.1. The largest absolute Gasteiger partial charge is 0.491 e. The molecule has 1 aromatic heterocycles. The number of pyridine rings is 1. The van der Waals surface area contributed by atoms with Gasteiger partial charge in [-0.05, 0) is 19.1 Å². The van der Waals surface area contributed by atoms with Crippen molar-refractivity contribution in [2.24, 2.45) is 0 Å². The molecule has 1 atom stereocenters. The van der Waals surface area contributed by atoms with E-state index in [-0.39, 0.29) is 30.4 Å². The van der Waals surface area contributed by atoms with Crippen LogP contribution in [0.3, 0.4) is 0 Å². The van der Waals surface area contributed by atoms with Crippen LogP contribution in [-0.2, 0) is 14.3 Å². The first-order chi connectivity index (χ1) is 9.89. The number of hydrogen-bond donors (Lipinski definition) is 1. The molecule has 1 aromatic rings. The summed E-state index contributed by atoms with van der Waals surface area (Å²) in [6, 6.07) is 1.89. The third-order valence-electron chi connectivity index (χ3n) is 2.76. The van der Waals surface area contributed by atoms with Crippen LogP contribution in [0.5, 0.6) is 0 Å². The summed E-state index contributed by atoms with van der Waals surface area (Å²) in [5.74, 6) is -1.08. The molecule has 1 N–H and O–H groups in total. The zero-order valence-electron chi connectivity index (χ0n) is 11.1. The molecule has 8 heteroatoms. The Morgan fingerprint density at radius 1 is 1.33 bits per heavy atom. The molecule has 0 aliphatic carbocycles. The molecule has 0 fully saturated rings. The number of nitrogens with one attached hydrogen (secondary N) is 1. The second-order valence-electron chi connectivity index (χ2n) is 4.28. The Kier molecular flexibility index (Phi) is 4.35. The molecule has 0 saturated heterocycles. The van der Waals surface area contributed by atoms with E-state index in [4.69, 9.17) is 9.47 Å². The van der Waals surface area contributed by atoms with E-state index < -0.39 is 18.1 Å². The smallest absolute Gasteiger partial charge is 0.414 e. The quantitative estimate of drug-likeness (QED) is 0.928. The lowest BCUT2D eigenvalue weighted by atomic mass is 10.1. The number of nitrogens with zero attached hydrogens (tertiary/aromatic N) is 1. The molecule has 0 bridgehead atoms. The van der Waals surface area contributed by atoms with Crippen molar-refractivity contribution in [3.63, 3.8) is 0 Å². The highest BCUT2D eigenvalue weighted by atomic mass is 19.4. The maximum absolute atomic E-state index is 13.1. The van der Waals surface area contributed by atoms with Gasteiger partial charge in [-0.25, -0.2) is 0 Å². The van der Waals surface area contributed by atoms with Crippen LogP contribution in [0.15, 0.2) is 35.9 Å². The van der Waals surface area contributed by atoms with Gasteiger partial charge in [0.2, 0.25) is 5.76 Å². The number of carbonyl (C=O) groups excluding carboxylic acids is 1. The minimum atomic E-state index is -4.67. The Morgan fingerprint density at radius 3 is 2.62 bits per heavy atom. The van der Waals surface area contributed by atoms with Crippen LogP contribution >= 0.6 is 0 Å². The van der Waals surface area contributed by atoms with Gasteiger partial charge in [-0.2, -0.15) is 13.2 Å². The van der Waals surface area contributed by atoms with Crippen molar-refractivity contribution in [3.8, 4) is 0 Å². The molecule has 1 amide bonds. The van der Waals surface area contributed by atoms with Crippen LogP contribution in [0.1, 0.15) is 18.7 Å². The zero-order chi connectivity index (χ0) is 15.5. The summed E-state index contributed by atoms with van der Waals surface area (Å²) < 4.78 is 49.4. The molecular weight excluding hydrogens is 289 g/mol. The van der Waals surface area contributed by atoms with Crippen molar-refractivity contribution in [1.29, 1.82) is 0 Å². The standard InChI is InChI=1S/C13H13F3N2O3/c1-8-10(21-7-6-20-8)12(19)18-11(13(14,15)16)9-4-2-3-5-17-9/h2-5,11H,6-7H2,1H3,(H,18,19). The molecule has 0 radical (unpaired) electrons. The fraction of sp³-hybridized carbons (Fsp3) is 0.385. The lowest BCUT2D eigenvalue weighted by Gasteiger charge is -2.24. The molecule has 2 heterocycles. The first-order valence-corrected chi connectivity index (χ1v) is 6.14. The number of rotatable bonds is 3. The second kappa shape index (κ2) is 6.02. The average molecular weight is 302 g/mol. The van der Waals surface area contributed by atoms with E-state index in [1.807, 2.05) is 5.32 Å². The van der Waals surface area contributed by atoms with Crippen molar-refractivity contribution in [3.05, 3.63) is 41.6 Å². The van der Waals surface area contributed by atoms with Gasteiger partial charge in [-0.15, -0.1) is 0 Å². The molecular formula is C13H13F3N2O3. The van der Waals surface area contributed by atoms with Crippen LogP contribution < -0.4 is 5.32 Å². The summed E-state index contributed by atoms with van der Waals surface area (Å²) in [7, 11) is 0. The van der Waals surface area contributed by atoms with E-state index in [1.54, 1.807) is 0 Å². The molecule has 0 saturated carbocycles. The number of allylic oxidation sites excluding steroid dienone is 1. The highest BCUT2D eigenvalue weighted by Crippen LogP contribution is 2.32. The Bertz CT molecular complexity index is 543. The van der Waals surface area contributed by atoms with E-state index in [9.17, 15) is 18.0 Å². The molecule has 1 aliphatic heterocycles. The maximum atomic E-state index is 13.1. The molecule has 1 unspecified atom stereocenters. The topological polar surface area (TPSA) is 60.5 Å². The highest BCUT2D eigenvalue weighted by Gasteiger charge is 2.43. The van der Waals surface area contributed by atoms with Gasteiger partial charge in [0.15, 0.2) is 6.04 Å². The first-order valence-electron chi connectivity index (χ1n) is 6.14. The molecule has 2 rings (SSSR count). The molecule has 114 valence electrons. The van der Waals surface area contributed by atoms with Crippen molar-refractivity contribution in [1.82, 2.24) is 10.3 Å². The molecule has 21 heavy (non-hydrogen) atoms. The van der Waals surface area contributed by atoms with E-state index in [0.29, 0.717) is 0 Å². The minimum Gasteiger partial charge on any atom is -0.491 e. The summed E-state index contributed by atoms with van der Waals surface area (Å²) >= 11 is 0. The number of carbonyl (C=O) groups is 1. The summed E-state index contributed by atoms with van der Waals surface area (Å²) in [6.07, 6.45) is -3.45. The Hall–Kier alpha value is -2.25. The number of hydrogen-bond acceptors (Lipinski definition) is 4. The predicted octanol–water partition coefficient (Wildman–Crippen LogP) is 2.08. The van der Waals surface area contributed by atoms with Crippen molar-refractivity contribution >= 4 is 5.91 Å². The van der Waals surface area contributed by atoms with Gasteiger partial charge in [0.25, 0.3) is 5.91 Å². The number of ether oxygens (including phenoxy) is 2. The van der Waals surface area contributed by atoms with Gasteiger partial charge in [0.1, 0.15) is 19.0 Å². The summed E-state index contributed by atoms with van der Waals surface area (Å²) in [4.78, 5) is 15.6. The van der Waals surface area contributed by atoms with Crippen LogP contribution in [0.4, 0.5) is 13.2 Å². The maximum Gasteiger partial charge on any atom is 0.414 e. The minimum absolute atomic E-state index is 0.111. The lowest BCUT2D eigenvalue weighted by molar-refractivity contribution is -0.164. The van der Waals surface area contributed by atoms with E-state index in [2.05, 4.69) is 4.98 Å². The van der Waals surface area contributed by atoms with Crippen LogP contribution in [-0.4, -0.2) is 30.3 Å². The van der Waals surface area contributed by atoms with Crippen molar-refractivity contribution < 1.29 is 27.4 Å². The van der Waals surface area contributed by atoms with Gasteiger partial charge in [0.05, 0.1) is 5.69 Å². The van der Waals surface area contributed by atoms with E-state index >= 15 is 0 Å². The molecule has 0 aromatic carbocycles. The molecule has 1 aliphatic rings. The third kappa shape index (κ3) is 3.65. The average Bonchev–Trinajstić information content (AvgIpc) is 2.44. The van der Waals surface area contributed by atoms with Crippen LogP contribution in [0.25, 0.3) is 0 Å². The Balaban J connectivity index is 2.22. The Labute approximate surface area is 118 Å². The molecule has 5 nitrogen and oxygen atoms in total. The summed E-state index contributed by atoms with van der Waals surface area (Å²) in [6.45, 7) is 1.82. The zero-order valence-corrected chi connectivity index (χ0v) is 11.1. The van der Waals surface area contributed by atoms with Gasteiger partial charge in [0, 0.05) is 6.20 Å². The van der Waals surface area contributed by atoms with E-state index in [0.717, 1.165) is 0 Å². The third-order valence-corrected chi connectivity index (χ3v) is 2.76. The van der Waals surface area contributed by atoms with Gasteiger partial charge >= 0.3 is 6.18 Å². The summed E-state index contributed by atoms with van der Waals surface area (Å²) in [5, 5.41) is 1.88. The van der Waals surface area contributed by atoms with Crippen molar-refractivity contribution in [2.45, 2.75) is 19.1 Å². The van der Waals surface area contributed by atoms with E-state index in [1.165, 1.54) is 31.3 Å². The van der Waals surface area contributed by atoms with Gasteiger partial charge in [-0.1, -0.05) is 6.07 Å². The summed E-state index contributed by atoms with van der Waals surface area (Å²) in [5.41, 5.74) is -0.298.